The third-order valence-electron chi connectivity index (χ3n) is 3.30. The third kappa shape index (κ3) is 3.35. The molecule has 0 aliphatic rings. The summed E-state index contributed by atoms with van der Waals surface area (Å²) in [7, 11) is 0. The van der Waals surface area contributed by atoms with Crippen molar-refractivity contribution in [3.63, 3.8) is 0 Å². The molecule has 0 saturated carbocycles. The second-order valence-corrected chi connectivity index (χ2v) is 5.53. The number of rotatable bonds is 5. The van der Waals surface area contributed by atoms with Crippen molar-refractivity contribution >= 4 is 23.2 Å². The van der Waals surface area contributed by atoms with Gasteiger partial charge in [0.15, 0.2) is 0 Å². The van der Waals surface area contributed by atoms with Crippen molar-refractivity contribution in [3.8, 4) is 0 Å². The van der Waals surface area contributed by atoms with Gasteiger partial charge in [-0.05, 0) is 37.6 Å². The lowest BCUT2D eigenvalue weighted by atomic mass is 10.0. The summed E-state index contributed by atoms with van der Waals surface area (Å²) in [5, 5.41) is 16.0. The van der Waals surface area contributed by atoms with E-state index in [1.165, 1.54) is 0 Å². The predicted molar refractivity (Wildman–Crippen MR) is 82.4 cm³/mol. The quantitative estimate of drug-likeness (QED) is 0.904. The van der Waals surface area contributed by atoms with E-state index in [0.29, 0.717) is 22.0 Å². The number of halogens is 2. The van der Waals surface area contributed by atoms with E-state index in [0.717, 1.165) is 24.4 Å². The first kappa shape index (κ1) is 15.4. The van der Waals surface area contributed by atoms with E-state index in [-0.39, 0.29) is 0 Å². The molecule has 2 aromatic rings. The van der Waals surface area contributed by atoms with Crippen LogP contribution in [0.25, 0.3) is 0 Å². The molecule has 0 aliphatic carbocycles. The standard InChI is InChI=1S/C15H18Cl2N2O/c1-3-11-8-12(19(4-2)18-11)9-15(20)13-7-10(16)5-6-14(13)17/h5-8,15,20H,3-4,9H2,1-2H3. The highest BCUT2D eigenvalue weighted by Gasteiger charge is 2.16. The molecule has 3 nitrogen and oxygen atoms in total. The first-order valence-corrected chi connectivity index (χ1v) is 7.49. The van der Waals surface area contributed by atoms with Gasteiger partial charge < -0.3 is 5.11 Å². The van der Waals surface area contributed by atoms with E-state index in [1.54, 1.807) is 18.2 Å². The summed E-state index contributed by atoms with van der Waals surface area (Å²) in [4.78, 5) is 0. The lowest BCUT2D eigenvalue weighted by Gasteiger charge is -2.13. The highest BCUT2D eigenvalue weighted by molar-refractivity contribution is 6.33. The topological polar surface area (TPSA) is 38.0 Å². The molecule has 1 aromatic carbocycles. The average Bonchev–Trinajstić information content (AvgIpc) is 2.83. The summed E-state index contributed by atoms with van der Waals surface area (Å²) in [5.41, 5.74) is 2.69. The third-order valence-corrected chi connectivity index (χ3v) is 3.87. The van der Waals surface area contributed by atoms with Gasteiger partial charge in [-0.1, -0.05) is 30.1 Å². The van der Waals surface area contributed by atoms with E-state index < -0.39 is 6.10 Å². The summed E-state index contributed by atoms with van der Waals surface area (Å²) >= 11 is 12.1. The smallest absolute Gasteiger partial charge is 0.0860 e. The summed E-state index contributed by atoms with van der Waals surface area (Å²) in [6.45, 7) is 4.89. The minimum absolute atomic E-state index is 0.473. The first-order valence-electron chi connectivity index (χ1n) is 6.73. The van der Waals surface area contributed by atoms with Gasteiger partial charge in [0.1, 0.15) is 0 Å². The summed E-state index contributed by atoms with van der Waals surface area (Å²) in [6.07, 6.45) is 0.669. The second kappa shape index (κ2) is 6.61. The summed E-state index contributed by atoms with van der Waals surface area (Å²) in [6, 6.07) is 7.16. The molecule has 1 atom stereocenters. The molecule has 1 heterocycles. The molecular formula is C15H18Cl2N2O. The van der Waals surface area contributed by atoms with E-state index in [9.17, 15) is 5.11 Å². The predicted octanol–water partition coefficient (Wildman–Crippen LogP) is 4.05. The second-order valence-electron chi connectivity index (χ2n) is 4.68. The SMILES string of the molecule is CCc1cc(CC(O)c2cc(Cl)ccc2Cl)n(CC)n1. The van der Waals surface area contributed by atoms with Gasteiger partial charge in [0, 0.05) is 34.3 Å². The molecule has 0 saturated heterocycles. The lowest BCUT2D eigenvalue weighted by Crippen LogP contribution is -2.09. The van der Waals surface area contributed by atoms with Crippen LogP contribution in [0.5, 0.6) is 0 Å². The lowest BCUT2D eigenvalue weighted by molar-refractivity contribution is 0.175. The molecule has 108 valence electrons. The number of nitrogens with zero attached hydrogens (tertiary/aromatic N) is 2. The van der Waals surface area contributed by atoms with Crippen molar-refractivity contribution < 1.29 is 5.11 Å². The molecule has 1 N–H and O–H groups in total. The number of benzene rings is 1. The van der Waals surface area contributed by atoms with Crippen LogP contribution in [0.4, 0.5) is 0 Å². The zero-order chi connectivity index (χ0) is 14.7. The van der Waals surface area contributed by atoms with Crippen molar-refractivity contribution in [2.45, 2.75) is 39.3 Å². The number of aliphatic hydroxyl groups excluding tert-OH is 1. The molecule has 5 heteroatoms. The molecule has 20 heavy (non-hydrogen) atoms. The molecule has 1 unspecified atom stereocenters. The summed E-state index contributed by atoms with van der Waals surface area (Å²) < 4.78 is 1.92. The molecule has 0 radical (unpaired) electrons. The minimum atomic E-state index is -0.687. The molecule has 0 amide bonds. The Hall–Kier alpha value is -1.03. The van der Waals surface area contributed by atoms with Crippen LogP contribution in [0.15, 0.2) is 24.3 Å². The van der Waals surface area contributed by atoms with Gasteiger partial charge in [-0.3, -0.25) is 4.68 Å². The Morgan fingerprint density at radius 1 is 1.25 bits per heavy atom. The average molecular weight is 313 g/mol. The van der Waals surface area contributed by atoms with Gasteiger partial charge in [0.25, 0.3) is 0 Å². The van der Waals surface area contributed by atoms with Crippen molar-refractivity contribution in [3.05, 3.63) is 51.3 Å². The van der Waals surface area contributed by atoms with Crippen LogP contribution in [0, 0.1) is 0 Å². The van der Waals surface area contributed by atoms with Gasteiger partial charge in [-0.2, -0.15) is 5.10 Å². The maximum absolute atomic E-state index is 10.4. The van der Waals surface area contributed by atoms with E-state index in [1.807, 2.05) is 17.7 Å². The molecule has 0 spiro atoms. The van der Waals surface area contributed by atoms with Crippen LogP contribution >= 0.6 is 23.2 Å². The minimum Gasteiger partial charge on any atom is -0.388 e. The van der Waals surface area contributed by atoms with Gasteiger partial charge >= 0.3 is 0 Å². The van der Waals surface area contributed by atoms with Crippen LogP contribution in [0.3, 0.4) is 0 Å². The molecule has 0 fully saturated rings. The Labute approximate surface area is 129 Å². The molecule has 1 aromatic heterocycles. The van der Waals surface area contributed by atoms with Gasteiger partial charge in [0.05, 0.1) is 11.8 Å². The van der Waals surface area contributed by atoms with Crippen molar-refractivity contribution in [2.24, 2.45) is 0 Å². The number of hydrogen-bond acceptors (Lipinski definition) is 2. The largest absolute Gasteiger partial charge is 0.388 e. The Morgan fingerprint density at radius 3 is 2.65 bits per heavy atom. The maximum Gasteiger partial charge on any atom is 0.0860 e. The maximum atomic E-state index is 10.4. The first-order chi connectivity index (χ1) is 9.55. The van der Waals surface area contributed by atoms with Crippen LogP contribution < -0.4 is 0 Å². The zero-order valence-corrected chi connectivity index (χ0v) is 13.1. The Morgan fingerprint density at radius 2 is 2.00 bits per heavy atom. The Balaban J connectivity index is 2.24. The van der Waals surface area contributed by atoms with Gasteiger partial charge in [-0.25, -0.2) is 0 Å². The van der Waals surface area contributed by atoms with Crippen molar-refractivity contribution in [2.75, 3.05) is 0 Å². The van der Waals surface area contributed by atoms with Gasteiger partial charge in [-0.15, -0.1) is 0 Å². The van der Waals surface area contributed by atoms with E-state index in [4.69, 9.17) is 23.2 Å². The Kier molecular flexibility index (Phi) is 5.08. The van der Waals surface area contributed by atoms with Crippen LogP contribution in [0.1, 0.15) is 36.9 Å². The number of aromatic nitrogens is 2. The van der Waals surface area contributed by atoms with E-state index in [2.05, 4.69) is 12.0 Å². The highest BCUT2D eigenvalue weighted by Crippen LogP contribution is 2.28. The summed E-state index contributed by atoms with van der Waals surface area (Å²) in [5.74, 6) is 0. The van der Waals surface area contributed by atoms with Gasteiger partial charge in [0.2, 0.25) is 0 Å². The molecule has 2 rings (SSSR count). The normalized spacial score (nSPS) is 12.7. The zero-order valence-electron chi connectivity index (χ0n) is 11.6. The van der Waals surface area contributed by atoms with E-state index >= 15 is 0 Å². The van der Waals surface area contributed by atoms with Crippen molar-refractivity contribution in [1.82, 2.24) is 9.78 Å². The van der Waals surface area contributed by atoms with Crippen LogP contribution in [0.2, 0.25) is 10.0 Å². The fourth-order valence-corrected chi connectivity index (χ4v) is 2.63. The number of hydrogen-bond donors (Lipinski definition) is 1. The highest BCUT2D eigenvalue weighted by atomic mass is 35.5. The fraction of sp³-hybridized carbons (Fsp3) is 0.400. The van der Waals surface area contributed by atoms with Crippen molar-refractivity contribution in [1.29, 1.82) is 0 Å². The fourth-order valence-electron chi connectivity index (χ4n) is 2.20. The number of aryl methyl sites for hydroxylation is 2. The Bertz CT molecular complexity index is 596. The van der Waals surface area contributed by atoms with Crippen LogP contribution in [-0.2, 0) is 19.4 Å². The number of aliphatic hydroxyl groups is 1. The molecular weight excluding hydrogens is 295 g/mol. The monoisotopic (exact) mass is 312 g/mol. The molecule has 0 aliphatic heterocycles. The molecule has 0 bridgehead atoms. The van der Waals surface area contributed by atoms with Crippen LogP contribution in [-0.4, -0.2) is 14.9 Å².